The van der Waals surface area contributed by atoms with Crippen LogP contribution >= 0.6 is 0 Å². The van der Waals surface area contributed by atoms with Gasteiger partial charge in [0.05, 0.1) is 0 Å². The molecule has 0 amide bonds. The zero-order chi connectivity index (χ0) is 26.2. The van der Waals surface area contributed by atoms with Gasteiger partial charge in [-0.2, -0.15) is 0 Å². The van der Waals surface area contributed by atoms with Gasteiger partial charge in [0, 0.05) is 22.6 Å². The summed E-state index contributed by atoms with van der Waals surface area (Å²) in [6, 6.07) is 48.8. The zero-order valence-corrected chi connectivity index (χ0v) is 21.3. The van der Waals surface area contributed by atoms with Crippen LogP contribution in [0.15, 0.2) is 144 Å². The predicted octanol–water partition coefficient (Wildman–Crippen LogP) is 10.3. The molecule has 39 heavy (non-hydrogen) atoms. The molecular weight excluding hydrogens is 474 g/mol. The lowest BCUT2D eigenvalue weighted by molar-refractivity contribution is 0.669. The summed E-state index contributed by atoms with van der Waals surface area (Å²) in [6.07, 6.45) is 1.39. The van der Waals surface area contributed by atoms with E-state index in [0.717, 1.165) is 38.6 Å². The second kappa shape index (κ2) is 9.59. The fourth-order valence-electron chi connectivity index (χ4n) is 5.55. The Morgan fingerprint density at radius 3 is 1.67 bits per heavy atom. The first-order valence-corrected chi connectivity index (χ1v) is 13.1. The van der Waals surface area contributed by atoms with Crippen molar-refractivity contribution in [1.29, 1.82) is 5.41 Å². The van der Waals surface area contributed by atoms with Crippen molar-refractivity contribution in [2.24, 2.45) is 0 Å². The molecule has 0 unspecified atom stereocenters. The Labute approximate surface area is 227 Å². The maximum absolute atomic E-state index is 7.84. The SMILES string of the molecule is N=Cc1cccc2oc3ccc(-c4ccc(-c5ccccc5-c5ccccc5-c5ccccc5)cc4)cc3c12. The molecule has 7 rings (SSSR count). The topological polar surface area (TPSA) is 37.0 Å². The van der Waals surface area contributed by atoms with E-state index in [0.29, 0.717) is 0 Å². The summed E-state index contributed by atoms with van der Waals surface area (Å²) in [5.41, 5.74) is 12.1. The lowest BCUT2D eigenvalue weighted by Crippen LogP contribution is -1.89. The van der Waals surface area contributed by atoms with Crippen LogP contribution in [0.1, 0.15) is 5.56 Å². The van der Waals surface area contributed by atoms with Gasteiger partial charge in [-0.05, 0) is 62.7 Å². The van der Waals surface area contributed by atoms with Crippen LogP contribution in [0, 0.1) is 5.41 Å². The van der Waals surface area contributed by atoms with Gasteiger partial charge < -0.3 is 9.83 Å². The summed E-state index contributed by atoms with van der Waals surface area (Å²) in [5, 5.41) is 9.87. The molecule has 184 valence electrons. The Kier molecular flexibility index (Phi) is 5.64. The van der Waals surface area contributed by atoms with E-state index in [9.17, 15) is 0 Å². The van der Waals surface area contributed by atoms with Crippen LogP contribution in [0.3, 0.4) is 0 Å². The Hall–Kier alpha value is -5.21. The van der Waals surface area contributed by atoms with Gasteiger partial charge in [0.1, 0.15) is 11.2 Å². The number of rotatable bonds is 5. The van der Waals surface area contributed by atoms with Crippen molar-refractivity contribution >= 4 is 28.2 Å². The standard InChI is InChI=1S/C37H25NO/c38-24-29-11-8-16-36-37(29)34-23-28(21-22-35(34)39-36)25-17-19-27(20-18-25)31-13-5-7-15-33(31)32-14-6-4-12-30(32)26-9-2-1-3-10-26/h1-24,38H. The highest BCUT2D eigenvalue weighted by Crippen LogP contribution is 2.39. The number of fused-ring (bicyclic) bond motifs is 3. The van der Waals surface area contributed by atoms with Gasteiger partial charge in [0.15, 0.2) is 0 Å². The number of benzene rings is 6. The van der Waals surface area contributed by atoms with Crippen LogP contribution in [-0.4, -0.2) is 6.21 Å². The molecule has 1 N–H and O–H groups in total. The third kappa shape index (κ3) is 4.03. The molecule has 1 aromatic heterocycles. The Bertz CT molecular complexity index is 1960. The lowest BCUT2D eigenvalue weighted by atomic mass is 9.89. The van der Waals surface area contributed by atoms with E-state index in [4.69, 9.17) is 9.83 Å². The van der Waals surface area contributed by atoms with Crippen LogP contribution in [0.5, 0.6) is 0 Å². The van der Waals surface area contributed by atoms with E-state index in [1.165, 1.54) is 39.6 Å². The summed E-state index contributed by atoms with van der Waals surface area (Å²) in [4.78, 5) is 0. The van der Waals surface area contributed by atoms with Crippen molar-refractivity contribution < 1.29 is 4.42 Å². The Morgan fingerprint density at radius 2 is 1.00 bits per heavy atom. The van der Waals surface area contributed by atoms with Gasteiger partial charge in [-0.15, -0.1) is 0 Å². The smallest absolute Gasteiger partial charge is 0.136 e. The van der Waals surface area contributed by atoms with Gasteiger partial charge in [-0.3, -0.25) is 0 Å². The molecule has 0 saturated heterocycles. The van der Waals surface area contributed by atoms with Gasteiger partial charge in [0.2, 0.25) is 0 Å². The molecule has 2 nitrogen and oxygen atoms in total. The van der Waals surface area contributed by atoms with Crippen LogP contribution in [0.4, 0.5) is 0 Å². The number of furan rings is 1. The minimum absolute atomic E-state index is 0.811. The molecule has 0 aliphatic heterocycles. The zero-order valence-electron chi connectivity index (χ0n) is 21.3. The molecule has 7 aromatic rings. The molecule has 0 aliphatic carbocycles. The average molecular weight is 500 g/mol. The molecule has 0 radical (unpaired) electrons. The Balaban J connectivity index is 1.30. The highest BCUT2D eigenvalue weighted by molar-refractivity contribution is 6.13. The highest BCUT2D eigenvalue weighted by Gasteiger charge is 2.14. The molecule has 0 spiro atoms. The van der Waals surface area contributed by atoms with Crippen LogP contribution in [0.2, 0.25) is 0 Å². The maximum Gasteiger partial charge on any atom is 0.136 e. The largest absolute Gasteiger partial charge is 0.456 e. The third-order valence-corrected chi connectivity index (χ3v) is 7.44. The first-order valence-electron chi connectivity index (χ1n) is 13.1. The first kappa shape index (κ1) is 22.9. The lowest BCUT2D eigenvalue weighted by Gasteiger charge is -2.15. The summed E-state index contributed by atoms with van der Waals surface area (Å²) in [5.74, 6) is 0. The van der Waals surface area contributed by atoms with Crippen molar-refractivity contribution in [1.82, 2.24) is 0 Å². The average Bonchev–Trinajstić information content (AvgIpc) is 3.40. The fraction of sp³-hybridized carbons (Fsp3) is 0. The summed E-state index contributed by atoms with van der Waals surface area (Å²) < 4.78 is 6.06. The van der Waals surface area contributed by atoms with Gasteiger partial charge in [-0.1, -0.05) is 121 Å². The van der Waals surface area contributed by atoms with Crippen molar-refractivity contribution in [3.05, 3.63) is 145 Å². The molecule has 0 bridgehead atoms. The van der Waals surface area contributed by atoms with Gasteiger partial charge in [0.25, 0.3) is 0 Å². The van der Waals surface area contributed by atoms with Crippen molar-refractivity contribution in [3.63, 3.8) is 0 Å². The second-order valence-electron chi connectivity index (χ2n) is 9.71. The molecule has 0 aliphatic rings. The van der Waals surface area contributed by atoms with Crippen LogP contribution in [0.25, 0.3) is 66.4 Å². The van der Waals surface area contributed by atoms with Gasteiger partial charge in [-0.25, -0.2) is 0 Å². The van der Waals surface area contributed by atoms with Crippen LogP contribution < -0.4 is 0 Å². The highest BCUT2D eigenvalue weighted by atomic mass is 16.3. The molecule has 6 aromatic carbocycles. The molecule has 1 heterocycles. The van der Waals surface area contributed by atoms with E-state index < -0.39 is 0 Å². The molecule has 0 saturated carbocycles. The number of hydrogen-bond donors (Lipinski definition) is 1. The first-order chi connectivity index (χ1) is 19.3. The molecule has 0 fully saturated rings. The van der Waals surface area contributed by atoms with E-state index in [-0.39, 0.29) is 0 Å². The number of hydrogen-bond acceptors (Lipinski definition) is 2. The van der Waals surface area contributed by atoms with Crippen molar-refractivity contribution in [3.8, 4) is 44.5 Å². The summed E-state index contributed by atoms with van der Waals surface area (Å²) in [6.45, 7) is 0. The molecular formula is C37H25NO. The van der Waals surface area contributed by atoms with Gasteiger partial charge >= 0.3 is 0 Å². The Morgan fingerprint density at radius 1 is 0.436 bits per heavy atom. The minimum atomic E-state index is 0.811. The van der Waals surface area contributed by atoms with E-state index in [1.54, 1.807) is 0 Å². The van der Waals surface area contributed by atoms with Crippen LogP contribution in [-0.2, 0) is 0 Å². The van der Waals surface area contributed by atoms with E-state index >= 15 is 0 Å². The normalized spacial score (nSPS) is 11.2. The quantitative estimate of drug-likeness (QED) is 0.235. The third-order valence-electron chi connectivity index (χ3n) is 7.44. The minimum Gasteiger partial charge on any atom is -0.456 e. The second-order valence-corrected chi connectivity index (χ2v) is 9.71. The predicted molar refractivity (Wildman–Crippen MR) is 163 cm³/mol. The molecule has 0 atom stereocenters. The van der Waals surface area contributed by atoms with Crippen molar-refractivity contribution in [2.75, 3.05) is 0 Å². The van der Waals surface area contributed by atoms with Crippen molar-refractivity contribution in [2.45, 2.75) is 0 Å². The van der Waals surface area contributed by atoms with E-state index in [1.807, 2.05) is 24.3 Å². The number of nitrogens with one attached hydrogen (secondary N) is 1. The fourth-order valence-corrected chi connectivity index (χ4v) is 5.55. The maximum atomic E-state index is 7.84. The monoisotopic (exact) mass is 499 g/mol. The molecule has 2 heteroatoms. The summed E-state index contributed by atoms with van der Waals surface area (Å²) in [7, 11) is 0. The van der Waals surface area contributed by atoms with E-state index in [2.05, 4.69) is 115 Å². The summed E-state index contributed by atoms with van der Waals surface area (Å²) >= 11 is 0.